The standard InChI is InChI=1S/C17H31N5O2S2/c1-4-16-20-15(13-25-16)12-19-17(18-5-2)21-14-6-8-22(9-7-14)10-11-26(3,23)24/h13-14H,4-12H2,1-3H3,(H2,18,19,21). The highest BCUT2D eigenvalue weighted by Gasteiger charge is 2.20. The van der Waals surface area contributed by atoms with Gasteiger partial charge in [0.2, 0.25) is 0 Å². The lowest BCUT2D eigenvalue weighted by atomic mass is 10.1. The smallest absolute Gasteiger partial charge is 0.191 e. The summed E-state index contributed by atoms with van der Waals surface area (Å²) < 4.78 is 22.6. The monoisotopic (exact) mass is 401 g/mol. The summed E-state index contributed by atoms with van der Waals surface area (Å²) in [7, 11) is -2.89. The molecule has 148 valence electrons. The zero-order valence-corrected chi connectivity index (χ0v) is 17.6. The maximum atomic E-state index is 11.3. The molecule has 1 saturated heterocycles. The van der Waals surface area contributed by atoms with Crippen molar-refractivity contribution >= 4 is 27.1 Å². The molecule has 1 aromatic rings. The second kappa shape index (κ2) is 10.2. The highest BCUT2D eigenvalue weighted by atomic mass is 32.2. The topological polar surface area (TPSA) is 86.7 Å². The Hall–Kier alpha value is -1.19. The van der Waals surface area contributed by atoms with Crippen LogP contribution < -0.4 is 10.6 Å². The van der Waals surface area contributed by atoms with Gasteiger partial charge in [-0.1, -0.05) is 6.92 Å². The minimum atomic E-state index is -2.89. The van der Waals surface area contributed by atoms with E-state index in [1.165, 1.54) is 6.26 Å². The number of hydrogen-bond acceptors (Lipinski definition) is 6. The van der Waals surface area contributed by atoms with E-state index < -0.39 is 9.84 Å². The zero-order valence-electron chi connectivity index (χ0n) is 16.0. The van der Waals surface area contributed by atoms with Crippen LogP contribution in [-0.4, -0.2) is 68.5 Å². The molecule has 2 heterocycles. The van der Waals surface area contributed by atoms with Crippen LogP contribution in [0.5, 0.6) is 0 Å². The van der Waals surface area contributed by atoms with E-state index in [0.717, 1.165) is 55.6 Å². The second-order valence-electron chi connectivity index (χ2n) is 6.67. The third kappa shape index (κ3) is 7.59. The number of piperidine rings is 1. The van der Waals surface area contributed by atoms with Crippen molar-refractivity contribution in [1.82, 2.24) is 20.5 Å². The third-order valence-electron chi connectivity index (χ3n) is 4.35. The Labute approximate surface area is 161 Å². The molecule has 7 nitrogen and oxygen atoms in total. The van der Waals surface area contributed by atoms with Crippen molar-refractivity contribution in [1.29, 1.82) is 0 Å². The lowest BCUT2D eigenvalue weighted by Gasteiger charge is -2.32. The van der Waals surface area contributed by atoms with E-state index in [-0.39, 0.29) is 5.75 Å². The summed E-state index contributed by atoms with van der Waals surface area (Å²) in [6.45, 7) is 8.03. The van der Waals surface area contributed by atoms with E-state index in [1.807, 2.05) is 0 Å². The molecule has 0 amide bonds. The van der Waals surface area contributed by atoms with Gasteiger partial charge in [0.1, 0.15) is 9.84 Å². The first-order chi connectivity index (χ1) is 12.4. The molecule has 1 aromatic heterocycles. The quantitative estimate of drug-likeness (QED) is 0.504. The molecule has 0 aliphatic carbocycles. The minimum absolute atomic E-state index is 0.239. The van der Waals surface area contributed by atoms with Gasteiger partial charge in [-0.2, -0.15) is 0 Å². The zero-order chi connectivity index (χ0) is 19.0. The first kappa shape index (κ1) is 21.1. The molecule has 9 heteroatoms. The largest absolute Gasteiger partial charge is 0.357 e. The Morgan fingerprint density at radius 2 is 2.12 bits per heavy atom. The van der Waals surface area contributed by atoms with Gasteiger partial charge in [0, 0.05) is 43.9 Å². The van der Waals surface area contributed by atoms with Crippen LogP contribution in [0.3, 0.4) is 0 Å². The van der Waals surface area contributed by atoms with E-state index in [0.29, 0.717) is 19.1 Å². The number of thiazole rings is 1. The number of likely N-dealkylation sites (tertiary alicyclic amines) is 1. The number of nitrogens with zero attached hydrogens (tertiary/aromatic N) is 3. The van der Waals surface area contributed by atoms with Crippen molar-refractivity contribution in [3.63, 3.8) is 0 Å². The highest BCUT2D eigenvalue weighted by molar-refractivity contribution is 7.90. The fourth-order valence-electron chi connectivity index (χ4n) is 2.85. The summed E-state index contributed by atoms with van der Waals surface area (Å²) in [6, 6.07) is 0.365. The van der Waals surface area contributed by atoms with Crippen LogP contribution in [-0.2, 0) is 22.8 Å². The van der Waals surface area contributed by atoms with Crippen molar-refractivity contribution in [2.75, 3.05) is 38.2 Å². The van der Waals surface area contributed by atoms with Crippen LogP contribution in [0, 0.1) is 0 Å². The fourth-order valence-corrected chi connectivity index (χ4v) is 4.18. The van der Waals surface area contributed by atoms with Crippen LogP contribution in [0.15, 0.2) is 10.4 Å². The number of aliphatic imine (C=N–C) groups is 1. The molecule has 2 rings (SSSR count). The number of nitrogens with one attached hydrogen (secondary N) is 2. The van der Waals surface area contributed by atoms with Crippen LogP contribution in [0.25, 0.3) is 0 Å². The molecular weight excluding hydrogens is 370 g/mol. The van der Waals surface area contributed by atoms with Gasteiger partial charge in [0.15, 0.2) is 5.96 Å². The number of aryl methyl sites for hydroxylation is 1. The van der Waals surface area contributed by atoms with Gasteiger partial charge in [-0.15, -0.1) is 11.3 Å². The van der Waals surface area contributed by atoms with Gasteiger partial charge in [-0.25, -0.2) is 18.4 Å². The SMILES string of the molecule is CCNC(=NCc1csc(CC)n1)NC1CCN(CCS(C)(=O)=O)CC1. The minimum Gasteiger partial charge on any atom is -0.357 e. The predicted octanol–water partition coefficient (Wildman–Crippen LogP) is 1.27. The number of aromatic nitrogens is 1. The summed E-state index contributed by atoms with van der Waals surface area (Å²) in [5.41, 5.74) is 1.01. The number of rotatable bonds is 8. The fraction of sp³-hybridized carbons (Fsp3) is 0.765. The van der Waals surface area contributed by atoms with Gasteiger partial charge < -0.3 is 15.5 Å². The normalized spacial score (nSPS) is 17.4. The summed E-state index contributed by atoms with van der Waals surface area (Å²) in [5, 5.41) is 10.0. The summed E-state index contributed by atoms with van der Waals surface area (Å²) >= 11 is 1.69. The Morgan fingerprint density at radius 3 is 2.69 bits per heavy atom. The molecule has 2 N–H and O–H groups in total. The van der Waals surface area contributed by atoms with Crippen molar-refractivity contribution in [3.8, 4) is 0 Å². The molecular formula is C17H31N5O2S2. The maximum absolute atomic E-state index is 11.3. The van der Waals surface area contributed by atoms with Crippen molar-refractivity contribution in [2.45, 2.75) is 45.7 Å². The maximum Gasteiger partial charge on any atom is 0.191 e. The Bertz CT molecular complexity index is 679. The van der Waals surface area contributed by atoms with E-state index in [2.05, 4.69) is 44.7 Å². The molecule has 0 unspecified atom stereocenters. The Kier molecular flexibility index (Phi) is 8.30. The van der Waals surface area contributed by atoms with E-state index in [4.69, 9.17) is 0 Å². The van der Waals surface area contributed by atoms with Crippen LogP contribution >= 0.6 is 11.3 Å². The summed E-state index contributed by atoms with van der Waals surface area (Å²) in [4.78, 5) is 11.4. The third-order valence-corrected chi connectivity index (χ3v) is 6.32. The van der Waals surface area contributed by atoms with Crippen molar-refractivity contribution in [2.24, 2.45) is 4.99 Å². The molecule has 1 fully saturated rings. The molecule has 0 bridgehead atoms. The molecule has 1 aliphatic rings. The Balaban J connectivity index is 1.81. The number of hydrogen-bond donors (Lipinski definition) is 2. The van der Waals surface area contributed by atoms with E-state index >= 15 is 0 Å². The molecule has 26 heavy (non-hydrogen) atoms. The molecule has 0 aromatic carbocycles. The van der Waals surface area contributed by atoms with Gasteiger partial charge in [-0.05, 0) is 26.2 Å². The Morgan fingerprint density at radius 1 is 1.38 bits per heavy atom. The predicted molar refractivity (Wildman–Crippen MR) is 109 cm³/mol. The molecule has 0 spiro atoms. The van der Waals surface area contributed by atoms with Gasteiger partial charge in [0.25, 0.3) is 0 Å². The lowest BCUT2D eigenvalue weighted by Crippen LogP contribution is -2.49. The molecule has 0 atom stereocenters. The van der Waals surface area contributed by atoms with Crippen LogP contribution in [0.1, 0.15) is 37.4 Å². The van der Waals surface area contributed by atoms with Crippen LogP contribution in [0.2, 0.25) is 0 Å². The first-order valence-electron chi connectivity index (χ1n) is 9.27. The van der Waals surface area contributed by atoms with Gasteiger partial charge >= 0.3 is 0 Å². The molecule has 0 radical (unpaired) electrons. The highest BCUT2D eigenvalue weighted by Crippen LogP contribution is 2.12. The second-order valence-corrected chi connectivity index (χ2v) is 9.87. The van der Waals surface area contributed by atoms with Crippen LogP contribution in [0.4, 0.5) is 0 Å². The van der Waals surface area contributed by atoms with E-state index in [1.54, 1.807) is 11.3 Å². The first-order valence-corrected chi connectivity index (χ1v) is 12.2. The molecule has 0 saturated carbocycles. The molecule has 1 aliphatic heterocycles. The lowest BCUT2D eigenvalue weighted by molar-refractivity contribution is 0.216. The average Bonchev–Trinajstić information content (AvgIpc) is 3.07. The van der Waals surface area contributed by atoms with Gasteiger partial charge in [-0.3, -0.25) is 0 Å². The average molecular weight is 402 g/mol. The van der Waals surface area contributed by atoms with Gasteiger partial charge in [0.05, 0.1) is 23.0 Å². The number of guanidine groups is 1. The number of sulfone groups is 1. The summed E-state index contributed by atoms with van der Waals surface area (Å²) in [5.74, 6) is 1.07. The van der Waals surface area contributed by atoms with Crippen molar-refractivity contribution in [3.05, 3.63) is 16.1 Å². The summed E-state index contributed by atoms with van der Waals surface area (Å²) in [6.07, 6.45) is 4.24. The van der Waals surface area contributed by atoms with Crippen molar-refractivity contribution < 1.29 is 8.42 Å². The van der Waals surface area contributed by atoms with E-state index in [9.17, 15) is 8.42 Å².